The molecule has 0 aromatic heterocycles. The van der Waals surface area contributed by atoms with Gasteiger partial charge < -0.3 is 15.2 Å². The predicted octanol–water partition coefficient (Wildman–Crippen LogP) is 2.33. The van der Waals surface area contributed by atoms with E-state index in [0.717, 1.165) is 5.56 Å². The molecule has 0 fully saturated rings. The van der Waals surface area contributed by atoms with Gasteiger partial charge in [0, 0.05) is 6.42 Å². The summed E-state index contributed by atoms with van der Waals surface area (Å²) in [5, 5.41) is 11.7. The van der Waals surface area contributed by atoms with Crippen LogP contribution < -0.4 is 10.1 Å². The first-order valence-corrected chi connectivity index (χ1v) is 6.53. The highest BCUT2D eigenvalue weighted by molar-refractivity contribution is 6.02. The van der Waals surface area contributed by atoms with Crippen LogP contribution in [0, 0.1) is 0 Å². The summed E-state index contributed by atoms with van der Waals surface area (Å²) < 4.78 is 5.58. The molecule has 1 heterocycles. The number of fused-ring (bicyclic) bond motifs is 1. The Morgan fingerprint density at radius 1 is 1.10 bits per heavy atom. The Bertz CT molecular complexity index is 686. The number of para-hydroxylation sites is 2. The molecule has 1 atom stereocenters. The number of aromatic carboxylic acids is 1. The molecule has 2 aromatic rings. The molecule has 1 amide bonds. The smallest absolute Gasteiger partial charge is 0.337 e. The Labute approximate surface area is 121 Å². The molecule has 3 rings (SSSR count). The lowest BCUT2D eigenvalue weighted by Crippen LogP contribution is -2.32. The van der Waals surface area contributed by atoms with E-state index < -0.39 is 12.1 Å². The van der Waals surface area contributed by atoms with E-state index in [1.54, 1.807) is 18.2 Å². The van der Waals surface area contributed by atoms with E-state index in [0.29, 0.717) is 12.2 Å². The number of anilines is 1. The number of hydrogen-bond acceptors (Lipinski definition) is 3. The first-order chi connectivity index (χ1) is 10.1. The molecule has 5 nitrogen and oxygen atoms in total. The summed E-state index contributed by atoms with van der Waals surface area (Å²) >= 11 is 0. The van der Waals surface area contributed by atoms with Crippen molar-refractivity contribution in [3.05, 3.63) is 59.7 Å². The van der Waals surface area contributed by atoms with E-state index in [2.05, 4.69) is 5.32 Å². The van der Waals surface area contributed by atoms with Gasteiger partial charge in [-0.15, -0.1) is 0 Å². The van der Waals surface area contributed by atoms with Gasteiger partial charge in [0.25, 0.3) is 5.91 Å². The third-order valence-corrected chi connectivity index (χ3v) is 3.35. The quantitative estimate of drug-likeness (QED) is 0.906. The number of ether oxygens (including phenoxy) is 1. The Morgan fingerprint density at radius 3 is 2.57 bits per heavy atom. The van der Waals surface area contributed by atoms with Crippen LogP contribution in [0.25, 0.3) is 0 Å². The van der Waals surface area contributed by atoms with Crippen LogP contribution in [-0.4, -0.2) is 23.1 Å². The molecule has 1 aliphatic heterocycles. The summed E-state index contributed by atoms with van der Waals surface area (Å²) in [5.41, 5.74) is 1.31. The Kier molecular flexibility index (Phi) is 3.31. The first kappa shape index (κ1) is 13.2. The van der Waals surface area contributed by atoms with Crippen molar-refractivity contribution in [1.82, 2.24) is 0 Å². The summed E-state index contributed by atoms with van der Waals surface area (Å²) in [6, 6.07) is 13.8. The Balaban J connectivity index is 1.76. The van der Waals surface area contributed by atoms with Crippen LogP contribution in [0.4, 0.5) is 5.69 Å². The summed E-state index contributed by atoms with van der Waals surface area (Å²) in [7, 11) is 0. The van der Waals surface area contributed by atoms with Crippen LogP contribution >= 0.6 is 0 Å². The van der Waals surface area contributed by atoms with E-state index in [9.17, 15) is 9.59 Å². The third-order valence-electron chi connectivity index (χ3n) is 3.35. The molecule has 21 heavy (non-hydrogen) atoms. The number of carboxylic acids is 1. The first-order valence-electron chi connectivity index (χ1n) is 6.53. The number of amides is 1. The molecule has 0 saturated carbocycles. The minimum absolute atomic E-state index is 0.0568. The fourth-order valence-electron chi connectivity index (χ4n) is 2.32. The number of carbonyl (C=O) groups is 2. The Morgan fingerprint density at radius 2 is 1.81 bits per heavy atom. The van der Waals surface area contributed by atoms with Crippen molar-refractivity contribution >= 4 is 17.6 Å². The van der Waals surface area contributed by atoms with E-state index in [1.807, 2.05) is 24.3 Å². The second-order valence-electron chi connectivity index (χ2n) is 4.76. The van der Waals surface area contributed by atoms with E-state index >= 15 is 0 Å². The number of hydrogen-bond donors (Lipinski definition) is 2. The van der Waals surface area contributed by atoms with Crippen molar-refractivity contribution in [3.8, 4) is 5.75 Å². The number of nitrogens with one attached hydrogen (secondary N) is 1. The zero-order chi connectivity index (χ0) is 14.8. The lowest BCUT2D eigenvalue weighted by Gasteiger charge is -2.12. The standard InChI is InChI=1S/C16H13NO4/c18-15(14-9-10-5-1-4-8-13(10)21-14)17-12-7-3-2-6-11(12)16(19)20/h1-8,14H,9H2,(H,17,18)(H,19,20)/t14-/m1/s1. The lowest BCUT2D eigenvalue weighted by atomic mass is 10.1. The number of carbonyl (C=O) groups excluding carboxylic acids is 1. The highest BCUT2D eigenvalue weighted by atomic mass is 16.5. The van der Waals surface area contributed by atoms with Crippen LogP contribution in [0.15, 0.2) is 48.5 Å². The molecule has 106 valence electrons. The van der Waals surface area contributed by atoms with Crippen molar-refractivity contribution in [2.75, 3.05) is 5.32 Å². The topological polar surface area (TPSA) is 75.6 Å². The maximum Gasteiger partial charge on any atom is 0.337 e. The minimum atomic E-state index is -1.08. The minimum Gasteiger partial charge on any atom is -0.480 e. The van der Waals surface area contributed by atoms with E-state index in [-0.39, 0.29) is 17.2 Å². The fourth-order valence-corrected chi connectivity index (χ4v) is 2.32. The van der Waals surface area contributed by atoms with Crippen molar-refractivity contribution in [2.24, 2.45) is 0 Å². The van der Waals surface area contributed by atoms with Crippen molar-refractivity contribution in [3.63, 3.8) is 0 Å². The molecule has 5 heteroatoms. The maximum atomic E-state index is 12.2. The zero-order valence-electron chi connectivity index (χ0n) is 11.1. The summed E-state index contributed by atoms with van der Waals surface area (Å²) in [6.45, 7) is 0. The average Bonchev–Trinajstić information content (AvgIpc) is 2.91. The normalized spacial score (nSPS) is 15.9. The SMILES string of the molecule is O=C(O)c1ccccc1NC(=O)[C@H]1Cc2ccccc2O1. The predicted molar refractivity (Wildman–Crippen MR) is 76.6 cm³/mol. The van der Waals surface area contributed by atoms with Gasteiger partial charge in [0.1, 0.15) is 5.75 Å². The molecule has 0 bridgehead atoms. The van der Waals surface area contributed by atoms with E-state index in [4.69, 9.17) is 9.84 Å². The van der Waals surface area contributed by atoms with Crippen LogP contribution in [0.2, 0.25) is 0 Å². The largest absolute Gasteiger partial charge is 0.480 e. The van der Waals surface area contributed by atoms with Crippen LogP contribution in [0.3, 0.4) is 0 Å². The fraction of sp³-hybridized carbons (Fsp3) is 0.125. The van der Waals surface area contributed by atoms with Gasteiger partial charge in [-0.2, -0.15) is 0 Å². The van der Waals surface area contributed by atoms with Gasteiger partial charge in [-0.05, 0) is 23.8 Å². The molecule has 0 spiro atoms. The lowest BCUT2D eigenvalue weighted by molar-refractivity contribution is -0.122. The summed E-state index contributed by atoms with van der Waals surface area (Å²) in [5.74, 6) is -0.731. The molecule has 0 aliphatic carbocycles. The highest BCUT2D eigenvalue weighted by Crippen LogP contribution is 2.28. The highest BCUT2D eigenvalue weighted by Gasteiger charge is 2.29. The molecule has 1 aliphatic rings. The van der Waals surface area contributed by atoms with Crippen molar-refractivity contribution < 1.29 is 19.4 Å². The average molecular weight is 283 g/mol. The molecular weight excluding hydrogens is 270 g/mol. The second kappa shape index (κ2) is 5.28. The van der Waals surface area contributed by atoms with Gasteiger partial charge in [0.15, 0.2) is 6.10 Å². The molecule has 0 unspecified atom stereocenters. The summed E-state index contributed by atoms with van der Waals surface area (Å²) in [4.78, 5) is 23.3. The summed E-state index contributed by atoms with van der Waals surface area (Å²) in [6.07, 6.45) is -0.152. The monoisotopic (exact) mass is 283 g/mol. The molecule has 0 radical (unpaired) electrons. The van der Waals surface area contributed by atoms with Crippen molar-refractivity contribution in [2.45, 2.75) is 12.5 Å². The van der Waals surface area contributed by atoms with E-state index in [1.165, 1.54) is 6.07 Å². The second-order valence-corrected chi connectivity index (χ2v) is 4.76. The molecular formula is C16H13NO4. The van der Waals surface area contributed by atoms with Gasteiger partial charge in [-0.3, -0.25) is 4.79 Å². The van der Waals surface area contributed by atoms with Crippen LogP contribution in [0.1, 0.15) is 15.9 Å². The molecule has 0 saturated heterocycles. The van der Waals surface area contributed by atoms with Gasteiger partial charge in [-0.1, -0.05) is 30.3 Å². The molecule has 2 N–H and O–H groups in total. The third kappa shape index (κ3) is 2.58. The van der Waals surface area contributed by atoms with Crippen molar-refractivity contribution in [1.29, 1.82) is 0 Å². The van der Waals surface area contributed by atoms with Gasteiger partial charge >= 0.3 is 5.97 Å². The number of rotatable bonds is 3. The maximum absolute atomic E-state index is 12.2. The molecule has 2 aromatic carbocycles. The van der Waals surface area contributed by atoms with Gasteiger partial charge in [0.05, 0.1) is 11.3 Å². The number of carboxylic acid groups (broad SMARTS) is 1. The number of benzene rings is 2. The van der Waals surface area contributed by atoms with Gasteiger partial charge in [-0.25, -0.2) is 4.79 Å². The van der Waals surface area contributed by atoms with Crippen LogP contribution in [-0.2, 0) is 11.2 Å². The zero-order valence-corrected chi connectivity index (χ0v) is 11.1. The Hall–Kier alpha value is -2.82. The van der Waals surface area contributed by atoms with Crippen LogP contribution in [0.5, 0.6) is 5.75 Å². The van der Waals surface area contributed by atoms with Gasteiger partial charge in [0.2, 0.25) is 0 Å².